The van der Waals surface area contributed by atoms with Crippen molar-refractivity contribution in [2.24, 2.45) is 4.99 Å². The molecule has 16 heavy (non-hydrogen) atoms. The normalized spacial score (nSPS) is 11.4. The summed E-state index contributed by atoms with van der Waals surface area (Å²) in [4.78, 5) is 24.7. The molecule has 0 spiro atoms. The lowest BCUT2D eigenvalue weighted by Gasteiger charge is -2.09. The van der Waals surface area contributed by atoms with Crippen LogP contribution in [-0.2, 0) is 14.3 Å². The van der Waals surface area contributed by atoms with Gasteiger partial charge in [0.25, 0.3) is 0 Å². The largest absolute Gasteiger partial charge is 0.469 e. The first-order chi connectivity index (χ1) is 7.67. The second-order valence-electron chi connectivity index (χ2n) is 3.07. The molecule has 0 saturated heterocycles. The molecular weight excluding hydrogens is 213 g/mol. The zero-order valence-electron chi connectivity index (χ0n) is 8.64. The smallest absolute Gasteiger partial charge is 0.308 e. The summed E-state index contributed by atoms with van der Waals surface area (Å²) in [6.45, 7) is 0. The van der Waals surface area contributed by atoms with Gasteiger partial charge in [0.05, 0.1) is 19.6 Å². The van der Waals surface area contributed by atoms with Crippen molar-refractivity contribution >= 4 is 12.0 Å². The summed E-state index contributed by atoms with van der Waals surface area (Å²) in [6.07, 6.45) is 1.31. The third-order valence-corrected chi connectivity index (χ3v) is 2.05. The van der Waals surface area contributed by atoms with Gasteiger partial charge in [-0.25, -0.2) is 9.18 Å². The van der Waals surface area contributed by atoms with Gasteiger partial charge < -0.3 is 4.74 Å². The van der Waals surface area contributed by atoms with Crippen molar-refractivity contribution in [2.45, 2.75) is 12.5 Å². The fraction of sp³-hybridized carbons (Fsp3) is 0.273. The van der Waals surface area contributed by atoms with E-state index >= 15 is 0 Å². The summed E-state index contributed by atoms with van der Waals surface area (Å²) in [7, 11) is 1.24. The van der Waals surface area contributed by atoms with Crippen LogP contribution in [-0.4, -0.2) is 19.2 Å². The first-order valence-electron chi connectivity index (χ1n) is 4.56. The molecule has 0 fully saturated rings. The zero-order valence-corrected chi connectivity index (χ0v) is 8.64. The molecule has 84 valence electrons. The molecule has 1 aromatic rings. The van der Waals surface area contributed by atoms with Gasteiger partial charge in [-0.1, -0.05) is 12.1 Å². The van der Waals surface area contributed by atoms with E-state index in [0.717, 1.165) is 0 Å². The minimum atomic E-state index is -0.675. The number of hydrogen-bond acceptors (Lipinski definition) is 4. The van der Waals surface area contributed by atoms with Crippen LogP contribution in [0.25, 0.3) is 0 Å². The Labute approximate surface area is 91.8 Å². The third-order valence-electron chi connectivity index (χ3n) is 2.05. The molecule has 1 aromatic carbocycles. The molecule has 0 amide bonds. The third kappa shape index (κ3) is 3.29. The number of ether oxygens (including phenoxy) is 1. The Bertz CT molecular complexity index is 410. The fourth-order valence-electron chi connectivity index (χ4n) is 1.23. The van der Waals surface area contributed by atoms with E-state index in [4.69, 9.17) is 0 Å². The van der Waals surface area contributed by atoms with Gasteiger partial charge in [-0.15, -0.1) is 0 Å². The highest BCUT2D eigenvalue weighted by Gasteiger charge is 2.15. The van der Waals surface area contributed by atoms with Crippen molar-refractivity contribution < 1.29 is 18.7 Å². The quantitative estimate of drug-likeness (QED) is 0.444. The van der Waals surface area contributed by atoms with Crippen LogP contribution in [0.5, 0.6) is 0 Å². The van der Waals surface area contributed by atoms with Gasteiger partial charge in [-0.3, -0.25) is 4.79 Å². The van der Waals surface area contributed by atoms with E-state index in [-0.39, 0.29) is 6.42 Å². The average Bonchev–Trinajstić information content (AvgIpc) is 2.29. The zero-order chi connectivity index (χ0) is 12.0. The van der Waals surface area contributed by atoms with Gasteiger partial charge in [0, 0.05) is 0 Å². The van der Waals surface area contributed by atoms with Crippen LogP contribution in [0, 0.1) is 5.82 Å². The lowest BCUT2D eigenvalue weighted by molar-refractivity contribution is -0.141. The number of methoxy groups -OCH3 is 1. The van der Waals surface area contributed by atoms with Crippen LogP contribution in [0.15, 0.2) is 29.3 Å². The molecule has 0 radical (unpaired) electrons. The van der Waals surface area contributed by atoms with Crippen LogP contribution < -0.4 is 0 Å². The minimum absolute atomic E-state index is 0.0721. The van der Waals surface area contributed by atoms with E-state index < -0.39 is 17.8 Å². The van der Waals surface area contributed by atoms with Gasteiger partial charge in [0.1, 0.15) is 5.82 Å². The topological polar surface area (TPSA) is 55.7 Å². The first kappa shape index (κ1) is 12.1. The monoisotopic (exact) mass is 223 g/mol. The van der Waals surface area contributed by atoms with Crippen LogP contribution in [0.2, 0.25) is 0 Å². The van der Waals surface area contributed by atoms with Crippen molar-refractivity contribution in [3.05, 3.63) is 35.6 Å². The molecule has 0 saturated carbocycles. The maximum Gasteiger partial charge on any atom is 0.308 e. The van der Waals surface area contributed by atoms with E-state index in [2.05, 4.69) is 9.73 Å². The molecule has 0 aliphatic carbocycles. The SMILES string of the molecule is COC(=O)C[C@H](N=C=O)c1ccc(F)cc1. The number of esters is 1. The molecule has 1 rings (SSSR count). The van der Waals surface area contributed by atoms with Crippen molar-refractivity contribution in [3.8, 4) is 0 Å². The Kier molecular flexibility index (Phi) is 4.36. The van der Waals surface area contributed by atoms with E-state index in [1.54, 1.807) is 0 Å². The van der Waals surface area contributed by atoms with Gasteiger partial charge in [-0.05, 0) is 17.7 Å². The first-order valence-corrected chi connectivity index (χ1v) is 4.56. The number of aliphatic imine (C=N–C) groups is 1. The number of benzene rings is 1. The lowest BCUT2D eigenvalue weighted by atomic mass is 10.0. The Balaban J connectivity index is 2.89. The molecule has 0 unspecified atom stereocenters. The molecule has 0 bridgehead atoms. The summed E-state index contributed by atoms with van der Waals surface area (Å²) < 4.78 is 17.1. The predicted octanol–water partition coefficient (Wildman–Crippen LogP) is 1.77. The molecule has 4 nitrogen and oxygen atoms in total. The van der Waals surface area contributed by atoms with Crippen LogP contribution >= 0.6 is 0 Å². The second kappa shape index (κ2) is 5.78. The molecule has 0 aliphatic rings. The van der Waals surface area contributed by atoms with Crippen LogP contribution in [0.4, 0.5) is 4.39 Å². The van der Waals surface area contributed by atoms with E-state index in [1.807, 2.05) is 0 Å². The van der Waals surface area contributed by atoms with Crippen molar-refractivity contribution in [1.29, 1.82) is 0 Å². The number of halogens is 1. The lowest BCUT2D eigenvalue weighted by Crippen LogP contribution is -2.07. The van der Waals surface area contributed by atoms with Gasteiger partial charge in [0.2, 0.25) is 6.08 Å². The average molecular weight is 223 g/mol. The minimum Gasteiger partial charge on any atom is -0.469 e. The summed E-state index contributed by atoms with van der Waals surface area (Å²) in [5.41, 5.74) is 0.565. The maximum absolute atomic E-state index is 12.7. The molecule has 0 aliphatic heterocycles. The fourth-order valence-corrected chi connectivity index (χ4v) is 1.23. The highest BCUT2D eigenvalue weighted by atomic mass is 19.1. The standard InChI is InChI=1S/C11H10FNO3/c1-16-11(15)6-10(13-7-14)8-2-4-9(12)5-3-8/h2-5,10H,6H2,1H3/t10-/m0/s1. The molecule has 0 aromatic heterocycles. The summed E-state index contributed by atoms with van der Waals surface area (Å²) in [5.74, 6) is -0.885. The molecule has 1 atom stereocenters. The Morgan fingerprint density at radius 3 is 2.62 bits per heavy atom. The van der Waals surface area contributed by atoms with Gasteiger partial charge in [0.15, 0.2) is 0 Å². The van der Waals surface area contributed by atoms with Crippen LogP contribution in [0.3, 0.4) is 0 Å². The van der Waals surface area contributed by atoms with Crippen molar-refractivity contribution in [2.75, 3.05) is 7.11 Å². The molecule has 5 heteroatoms. The maximum atomic E-state index is 12.7. The number of hydrogen-bond donors (Lipinski definition) is 0. The predicted molar refractivity (Wildman–Crippen MR) is 53.9 cm³/mol. The van der Waals surface area contributed by atoms with Gasteiger partial charge in [-0.2, -0.15) is 4.99 Å². The highest BCUT2D eigenvalue weighted by molar-refractivity contribution is 5.70. The Hall–Kier alpha value is -2.00. The number of carbonyl (C=O) groups is 1. The van der Waals surface area contributed by atoms with E-state index in [1.165, 1.54) is 37.5 Å². The molecular formula is C11H10FNO3. The Morgan fingerprint density at radius 1 is 1.50 bits per heavy atom. The number of isocyanates is 1. The molecule has 0 N–H and O–H groups in total. The summed E-state index contributed by atoms with van der Waals surface area (Å²) in [6, 6.07) is 4.72. The highest BCUT2D eigenvalue weighted by Crippen LogP contribution is 2.21. The van der Waals surface area contributed by atoms with Crippen molar-refractivity contribution in [1.82, 2.24) is 0 Å². The molecule has 0 heterocycles. The second-order valence-corrected chi connectivity index (χ2v) is 3.07. The van der Waals surface area contributed by atoms with Crippen LogP contribution in [0.1, 0.15) is 18.0 Å². The number of carbonyl (C=O) groups excluding carboxylic acids is 2. The summed E-state index contributed by atoms with van der Waals surface area (Å²) in [5, 5.41) is 0. The van der Waals surface area contributed by atoms with Gasteiger partial charge >= 0.3 is 5.97 Å². The van der Waals surface area contributed by atoms with E-state index in [9.17, 15) is 14.0 Å². The van der Waals surface area contributed by atoms with Crippen molar-refractivity contribution in [3.63, 3.8) is 0 Å². The van der Waals surface area contributed by atoms with E-state index in [0.29, 0.717) is 5.56 Å². The number of rotatable bonds is 4. The Morgan fingerprint density at radius 2 is 2.12 bits per heavy atom. The summed E-state index contributed by atoms with van der Waals surface area (Å²) >= 11 is 0. The number of nitrogens with zero attached hydrogens (tertiary/aromatic N) is 1.